The molecule has 138 valence electrons. The van der Waals surface area contributed by atoms with E-state index in [-0.39, 0.29) is 17.9 Å². The van der Waals surface area contributed by atoms with Crippen molar-refractivity contribution < 1.29 is 9.59 Å². The lowest BCUT2D eigenvalue weighted by molar-refractivity contribution is -0.113. The first-order valence-corrected chi connectivity index (χ1v) is 10.5. The number of likely N-dealkylation sites (tertiary alicyclic amines) is 1. The smallest absolute Gasteiger partial charge is 0.254 e. The molecule has 1 aliphatic rings. The zero-order chi connectivity index (χ0) is 18.5. The molecule has 1 aromatic carbocycles. The quantitative estimate of drug-likeness (QED) is 0.744. The van der Waals surface area contributed by atoms with Gasteiger partial charge in [0.05, 0.1) is 9.96 Å². The molecular weight excluding hydrogens is 366 g/mol. The minimum Gasteiger partial charge on any atom is -0.336 e. The molecule has 1 aromatic heterocycles. The van der Waals surface area contributed by atoms with E-state index in [1.54, 1.807) is 35.6 Å². The third-order valence-corrected chi connectivity index (χ3v) is 6.64. The number of carbonyl (C=O) groups is 2. The second-order valence-electron chi connectivity index (χ2n) is 6.49. The fourth-order valence-corrected chi connectivity index (χ4v) is 4.72. The van der Waals surface area contributed by atoms with E-state index in [2.05, 4.69) is 12.2 Å². The first-order valence-electron chi connectivity index (χ1n) is 8.64. The average Bonchev–Trinajstić information content (AvgIpc) is 3.29. The molecule has 2 heterocycles. The third-order valence-electron chi connectivity index (χ3n) is 4.51. The van der Waals surface area contributed by atoms with Crippen molar-refractivity contribution in [3.8, 4) is 0 Å². The van der Waals surface area contributed by atoms with E-state index in [0.29, 0.717) is 29.5 Å². The number of rotatable bonds is 6. The van der Waals surface area contributed by atoms with Gasteiger partial charge in [-0.15, -0.1) is 23.1 Å². The first kappa shape index (κ1) is 18.9. The summed E-state index contributed by atoms with van der Waals surface area (Å²) in [4.78, 5) is 26.6. The number of hydrogen-bond donors (Lipinski definition) is 2. The summed E-state index contributed by atoms with van der Waals surface area (Å²) in [6.45, 7) is 3.39. The second kappa shape index (κ2) is 8.70. The summed E-state index contributed by atoms with van der Waals surface area (Å²) in [6, 6.07) is 11.3. The molecule has 2 amide bonds. The van der Waals surface area contributed by atoms with Gasteiger partial charge in [0.25, 0.3) is 5.91 Å². The van der Waals surface area contributed by atoms with Gasteiger partial charge in [0.1, 0.15) is 0 Å². The van der Waals surface area contributed by atoms with Crippen LogP contribution in [0.3, 0.4) is 0 Å². The average molecular weight is 390 g/mol. The minimum absolute atomic E-state index is 0.0274. The predicted octanol–water partition coefficient (Wildman–Crippen LogP) is 3.29. The maximum Gasteiger partial charge on any atom is 0.254 e. The van der Waals surface area contributed by atoms with Gasteiger partial charge in [-0.3, -0.25) is 9.59 Å². The number of nitrogens with one attached hydrogen (secondary N) is 1. The van der Waals surface area contributed by atoms with Crippen molar-refractivity contribution in [2.24, 2.45) is 11.7 Å². The molecule has 0 aliphatic carbocycles. The summed E-state index contributed by atoms with van der Waals surface area (Å²) >= 11 is 3.14. The molecule has 0 spiro atoms. The van der Waals surface area contributed by atoms with E-state index in [4.69, 9.17) is 5.73 Å². The van der Waals surface area contributed by atoms with Crippen molar-refractivity contribution in [1.29, 1.82) is 0 Å². The molecule has 1 saturated heterocycles. The summed E-state index contributed by atoms with van der Waals surface area (Å²) in [6.07, 6.45) is 0.957. The molecule has 0 saturated carbocycles. The Labute approximate surface area is 162 Å². The number of benzene rings is 1. The molecule has 2 aromatic rings. The molecule has 1 aliphatic heterocycles. The second-order valence-corrected chi connectivity index (χ2v) is 8.71. The zero-order valence-corrected chi connectivity index (χ0v) is 16.3. The lowest BCUT2D eigenvalue weighted by Crippen LogP contribution is -2.34. The largest absolute Gasteiger partial charge is 0.336 e. The molecule has 3 rings (SSSR count). The molecule has 0 radical (unpaired) electrons. The van der Waals surface area contributed by atoms with Gasteiger partial charge in [-0.2, -0.15) is 0 Å². The fraction of sp³-hybridized carbons (Fsp3) is 0.368. The number of anilines is 1. The van der Waals surface area contributed by atoms with Gasteiger partial charge >= 0.3 is 0 Å². The lowest BCUT2D eigenvalue weighted by atomic mass is 10.1. The Morgan fingerprint density at radius 2 is 2.08 bits per heavy atom. The molecule has 0 bridgehead atoms. The van der Waals surface area contributed by atoms with Crippen LogP contribution in [-0.4, -0.2) is 41.6 Å². The van der Waals surface area contributed by atoms with E-state index in [1.165, 1.54) is 11.8 Å². The normalized spacial score (nSPS) is 19.5. The van der Waals surface area contributed by atoms with Crippen LogP contribution in [0, 0.1) is 5.92 Å². The highest BCUT2D eigenvalue weighted by atomic mass is 32.2. The standard InChI is InChI=1S/C19H23N3O2S2/c1-13-9-14(10-20)11-22(13)19(24)15-4-6-16(7-5-15)21-17(23)12-26-18-3-2-8-25-18/h2-8,13-14H,9-12,20H2,1H3,(H,21,23). The lowest BCUT2D eigenvalue weighted by Gasteiger charge is -2.21. The van der Waals surface area contributed by atoms with Crippen molar-refractivity contribution in [2.75, 3.05) is 24.2 Å². The van der Waals surface area contributed by atoms with Gasteiger partial charge < -0.3 is 16.0 Å². The van der Waals surface area contributed by atoms with Gasteiger partial charge in [-0.25, -0.2) is 0 Å². The molecule has 3 N–H and O–H groups in total. The minimum atomic E-state index is -0.0542. The maximum atomic E-state index is 12.7. The van der Waals surface area contributed by atoms with Crippen LogP contribution in [0.25, 0.3) is 0 Å². The Kier molecular flexibility index (Phi) is 6.34. The number of thiophene rings is 1. The van der Waals surface area contributed by atoms with E-state index in [0.717, 1.165) is 17.2 Å². The molecule has 2 atom stereocenters. The Hall–Kier alpha value is -1.83. The van der Waals surface area contributed by atoms with Crippen molar-refractivity contribution in [1.82, 2.24) is 4.90 Å². The highest BCUT2D eigenvalue weighted by Gasteiger charge is 2.31. The van der Waals surface area contributed by atoms with Crippen LogP contribution in [-0.2, 0) is 4.79 Å². The maximum absolute atomic E-state index is 12.7. The Morgan fingerprint density at radius 1 is 1.31 bits per heavy atom. The van der Waals surface area contributed by atoms with Gasteiger partial charge in [0.2, 0.25) is 5.91 Å². The van der Waals surface area contributed by atoms with Crippen molar-refractivity contribution >= 4 is 40.6 Å². The van der Waals surface area contributed by atoms with E-state index >= 15 is 0 Å². The van der Waals surface area contributed by atoms with Crippen molar-refractivity contribution in [3.05, 3.63) is 47.3 Å². The summed E-state index contributed by atoms with van der Waals surface area (Å²) in [7, 11) is 0. The van der Waals surface area contributed by atoms with Crippen LogP contribution in [0.1, 0.15) is 23.7 Å². The Bertz CT molecular complexity index is 747. The molecule has 7 heteroatoms. The van der Waals surface area contributed by atoms with Gasteiger partial charge in [0, 0.05) is 23.8 Å². The Balaban J connectivity index is 1.54. The number of hydrogen-bond acceptors (Lipinski definition) is 5. The number of carbonyl (C=O) groups excluding carboxylic acids is 2. The van der Waals surface area contributed by atoms with Gasteiger partial charge in [-0.1, -0.05) is 6.07 Å². The monoisotopic (exact) mass is 389 g/mol. The first-order chi connectivity index (χ1) is 12.6. The number of nitrogens with two attached hydrogens (primary N) is 1. The van der Waals surface area contributed by atoms with E-state index in [1.807, 2.05) is 22.4 Å². The van der Waals surface area contributed by atoms with Crippen molar-refractivity contribution in [3.63, 3.8) is 0 Å². The van der Waals surface area contributed by atoms with Crippen molar-refractivity contribution in [2.45, 2.75) is 23.6 Å². The van der Waals surface area contributed by atoms with Crippen LogP contribution >= 0.6 is 23.1 Å². The van der Waals surface area contributed by atoms with Crippen LogP contribution in [0.4, 0.5) is 5.69 Å². The van der Waals surface area contributed by atoms with E-state index in [9.17, 15) is 9.59 Å². The summed E-state index contributed by atoms with van der Waals surface area (Å²) in [5, 5.41) is 4.86. The van der Waals surface area contributed by atoms with Gasteiger partial charge in [0.15, 0.2) is 0 Å². The highest BCUT2D eigenvalue weighted by molar-refractivity contribution is 8.01. The number of thioether (sulfide) groups is 1. The van der Waals surface area contributed by atoms with Gasteiger partial charge in [-0.05, 0) is 61.5 Å². The molecule has 1 fully saturated rings. The summed E-state index contributed by atoms with van der Waals surface area (Å²) in [5.41, 5.74) is 7.08. The predicted molar refractivity (Wildman–Crippen MR) is 108 cm³/mol. The summed E-state index contributed by atoms with van der Waals surface area (Å²) in [5.74, 6) is 0.724. The van der Waals surface area contributed by atoms with E-state index < -0.39 is 0 Å². The van der Waals surface area contributed by atoms with Crippen LogP contribution in [0.5, 0.6) is 0 Å². The number of nitrogens with zero attached hydrogens (tertiary/aromatic N) is 1. The molecule has 26 heavy (non-hydrogen) atoms. The highest BCUT2D eigenvalue weighted by Crippen LogP contribution is 2.25. The van der Waals surface area contributed by atoms with Crippen LogP contribution in [0.2, 0.25) is 0 Å². The Morgan fingerprint density at radius 3 is 2.69 bits per heavy atom. The third kappa shape index (κ3) is 4.66. The van der Waals surface area contributed by atoms with Crippen LogP contribution < -0.4 is 11.1 Å². The number of amides is 2. The SMILES string of the molecule is CC1CC(CN)CN1C(=O)c1ccc(NC(=O)CSc2cccs2)cc1. The summed E-state index contributed by atoms with van der Waals surface area (Å²) < 4.78 is 1.12. The zero-order valence-electron chi connectivity index (χ0n) is 14.7. The topological polar surface area (TPSA) is 75.4 Å². The fourth-order valence-electron chi connectivity index (χ4n) is 3.14. The molecule has 2 unspecified atom stereocenters. The molecule has 5 nitrogen and oxygen atoms in total. The van der Waals surface area contributed by atoms with Crippen LogP contribution in [0.15, 0.2) is 46.0 Å². The molecular formula is C19H23N3O2S2.